The van der Waals surface area contributed by atoms with Crippen molar-refractivity contribution in [3.8, 4) is 0 Å². The third-order valence-corrected chi connectivity index (χ3v) is 5.09. The van der Waals surface area contributed by atoms with Crippen LogP contribution in [-0.4, -0.2) is 51.2 Å². The van der Waals surface area contributed by atoms with Crippen LogP contribution in [0.3, 0.4) is 0 Å². The van der Waals surface area contributed by atoms with Crippen LogP contribution < -0.4 is 26.0 Å². The molecule has 0 amide bonds. The lowest BCUT2D eigenvalue weighted by Gasteiger charge is -2.23. The monoisotopic (exact) mass is 439 g/mol. The Kier molecular flexibility index (Phi) is 7.71. The van der Waals surface area contributed by atoms with Crippen LogP contribution in [0.25, 0.3) is 10.9 Å². The fourth-order valence-corrected chi connectivity index (χ4v) is 3.31. The average molecular weight is 440 g/mol. The van der Waals surface area contributed by atoms with E-state index in [9.17, 15) is 0 Å². The zero-order valence-electron chi connectivity index (χ0n) is 18.4. The van der Waals surface area contributed by atoms with E-state index in [1.54, 1.807) is 6.20 Å². The van der Waals surface area contributed by atoms with Crippen LogP contribution in [0.4, 0.5) is 23.5 Å². The first-order valence-corrected chi connectivity index (χ1v) is 10.9. The zero-order valence-corrected chi connectivity index (χ0v) is 19.2. The van der Waals surface area contributed by atoms with Crippen molar-refractivity contribution in [1.29, 1.82) is 0 Å². The van der Waals surface area contributed by atoms with Crippen LogP contribution >= 0.6 is 12.2 Å². The number of rotatable bonds is 9. The normalized spacial score (nSPS) is 10.6. The summed E-state index contributed by atoms with van der Waals surface area (Å²) < 4.78 is 0. The van der Waals surface area contributed by atoms with E-state index < -0.39 is 0 Å². The second-order valence-electron chi connectivity index (χ2n) is 6.68. The molecule has 0 aliphatic rings. The van der Waals surface area contributed by atoms with Crippen molar-refractivity contribution in [1.82, 2.24) is 25.4 Å². The van der Waals surface area contributed by atoms with Gasteiger partial charge in [0.15, 0.2) is 5.11 Å². The lowest BCUT2D eigenvalue weighted by Crippen LogP contribution is -2.35. The number of nitrogens with zero attached hydrogens (tertiary/aromatic N) is 6. The summed E-state index contributed by atoms with van der Waals surface area (Å²) in [6.45, 7) is 11.5. The minimum absolute atomic E-state index is 0.350. The molecule has 9 nitrogen and oxygen atoms in total. The molecule has 3 aromatic rings. The molecular formula is C21H29N9S. The van der Waals surface area contributed by atoms with Gasteiger partial charge in [-0.15, -0.1) is 0 Å². The van der Waals surface area contributed by atoms with Gasteiger partial charge in [0.05, 0.1) is 11.2 Å². The predicted molar refractivity (Wildman–Crippen MR) is 132 cm³/mol. The minimum Gasteiger partial charge on any atom is -0.341 e. The topological polar surface area (TPSA) is 94.1 Å². The van der Waals surface area contributed by atoms with Crippen LogP contribution in [0.5, 0.6) is 0 Å². The molecule has 0 radical (unpaired) electrons. The molecule has 1 aromatic carbocycles. The summed E-state index contributed by atoms with van der Waals surface area (Å²) in [5, 5.41) is 4.42. The summed E-state index contributed by atoms with van der Waals surface area (Å²) in [5.74, 6) is 1.65. The van der Waals surface area contributed by atoms with E-state index in [1.165, 1.54) is 0 Å². The summed E-state index contributed by atoms with van der Waals surface area (Å²) in [7, 11) is 0. The zero-order chi connectivity index (χ0) is 22.2. The summed E-state index contributed by atoms with van der Waals surface area (Å²) in [6, 6.07) is 9.78. The van der Waals surface area contributed by atoms with Crippen molar-refractivity contribution >= 4 is 51.8 Å². The quantitative estimate of drug-likeness (QED) is 0.340. The molecule has 0 bridgehead atoms. The van der Waals surface area contributed by atoms with Gasteiger partial charge in [-0.3, -0.25) is 21.2 Å². The van der Waals surface area contributed by atoms with Gasteiger partial charge in [0.1, 0.15) is 0 Å². The van der Waals surface area contributed by atoms with Crippen molar-refractivity contribution in [2.75, 3.05) is 46.7 Å². The first-order chi connectivity index (χ1) is 15.1. The van der Waals surface area contributed by atoms with Crippen LogP contribution in [0.1, 0.15) is 27.7 Å². The van der Waals surface area contributed by atoms with Crippen molar-refractivity contribution in [3.63, 3.8) is 0 Å². The summed E-state index contributed by atoms with van der Waals surface area (Å²) >= 11 is 5.46. The molecule has 164 valence electrons. The molecule has 0 aliphatic heterocycles. The van der Waals surface area contributed by atoms with Crippen molar-refractivity contribution in [3.05, 3.63) is 36.5 Å². The fourth-order valence-electron chi connectivity index (χ4n) is 3.17. The summed E-state index contributed by atoms with van der Waals surface area (Å²) in [6.07, 6.45) is 1.75. The molecule has 0 aliphatic carbocycles. The highest BCUT2D eigenvalue weighted by molar-refractivity contribution is 7.80. The van der Waals surface area contributed by atoms with E-state index in [0.717, 1.165) is 42.8 Å². The Morgan fingerprint density at radius 3 is 2.10 bits per heavy atom. The fraction of sp³-hybridized carbons (Fsp3) is 0.381. The van der Waals surface area contributed by atoms with Crippen molar-refractivity contribution < 1.29 is 0 Å². The molecule has 10 heteroatoms. The number of benzene rings is 1. The molecule has 0 saturated heterocycles. The largest absolute Gasteiger partial charge is 0.341 e. The van der Waals surface area contributed by atoms with Crippen LogP contribution in [0.2, 0.25) is 0 Å². The maximum absolute atomic E-state index is 5.46. The number of hydrogen-bond acceptors (Lipinski definition) is 8. The molecule has 3 rings (SSSR count). The average Bonchev–Trinajstić information content (AvgIpc) is 2.79. The van der Waals surface area contributed by atoms with Crippen LogP contribution in [0, 0.1) is 0 Å². The van der Waals surface area contributed by atoms with E-state index >= 15 is 0 Å². The molecule has 0 saturated carbocycles. The highest BCUT2D eigenvalue weighted by Gasteiger charge is 2.15. The van der Waals surface area contributed by atoms with Gasteiger partial charge in [0.2, 0.25) is 17.8 Å². The van der Waals surface area contributed by atoms with Crippen molar-refractivity contribution in [2.24, 2.45) is 0 Å². The second-order valence-corrected chi connectivity index (χ2v) is 7.09. The molecule has 0 atom stereocenters. The standard InChI is InChI=1S/C21H29N9S/c1-5-29(6-2)19-23-18(24-20(26-19)30(7-3)8-4)25-21(31)28-27-17-13-14-22-16-12-10-9-11-15(16)17/h9-14H,5-8H2,1-4H3,(H,22,27)(H2,23,24,25,26,28,31). The van der Waals surface area contributed by atoms with Gasteiger partial charge in [-0.25, -0.2) is 0 Å². The molecule has 31 heavy (non-hydrogen) atoms. The van der Waals surface area contributed by atoms with Gasteiger partial charge in [0, 0.05) is 37.8 Å². The molecule has 0 spiro atoms. The highest BCUT2D eigenvalue weighted by Crippen LogP contribution is 2.20. The van der Waals surface area contributed by atoms with Crippen LogP contribution in [-0.2, 0) is 0 Å². The third-order valence-electron chi connectivity index (χ3n) is 4.89. The van der Waals surface area contributed by atoms with Crippen molar-refractivity contribution in [2.45, 2.75) is 27.7 Å². The SMILES string of the molecule is CCN(CC)c1nc(NC(=S)NNc2ccnc3ccccc23)nc(N(CC)CC)n1. The van der Waals surface area contributed by atoms with Gasteiger partial charge in [0.25, 0.3) is 0 Å². The Morgan fingerprint density at radius 1 is 0.871 bits per heavy atom. The number of thiocarbonyl (C=S) groups is 1. The molecule has 0 unspecified atom stereocenters. The Morgan fingerprint density at radius 2 is 1.48 bits per heavy atom. The van der Waals surface area contributed by atoms with Gasteiger partial charge < -0.3 is 9.80 Å². The first-order valence-electron chi connectivity index (χ1n) is 10.5. The van der Waals surface area contributed by atoms with E-state index in [4.69, 9.17) is 12.2 Å². The van der Waals surface area contributed by atoms with Gasteiger partial charge >= 0.3 is 0 Å². The number of fused-ring (bicyclic) bond motifs is 1. The molecule has 2 aromatic heterocycles. The first kappa shape index (κ1) is 22.4. The number of nitrogens with one attached hydrogen (secondary N) is 3. The molecule has 3 N–H and O–H groups in total. The van der Waals surface area contributed by atoms with Gasteiger partial charge in [-0.2, -0.15) is 15.0 Å². The molecule has 2 heterocycles. The van der Waals surface area contributed by atoms with Gasteiger partial charge in [-0.05, 0) is 52.0 Å². The molecule has 0 fully saturated rings. The molecular weight excluding hydrogens is 410 g/mol. The third kappa shape index (κ3) is 5.46. The Labute approximate surface area is 188 Å². The number of pyridine rings is 1. The van der Waals surface area contributed by atoms with Crippen LogP contribution in [0.15, 0.2) is 36.5 Å². The minimum atomic E-state index is 0.350. The Bertz CT molecular complexity index is 983. The summed E-state index contributed by atoms with van der Waals surface area (Å²) in [5.41, 5.74) is 7.92. The second kappa shape index (κ2) is 10.7. The maximum atomic E-state index is 5.46. The van der Waals surface area contributed by atoms with E-state index in [-0.39, 0.29) is 0 Å². The lowest BCUT2D eigenvalue weighted by molar-refractivity contribution is 0.779. The Balaban J connectivity index is 1.77. The number of para-hydroxylation sites is 1. The van der Waals surface area contributed by atoms with E-state index in [2.05, 4.69) is 73.6 Å². The highest BCUT2D eigenvalue weighted by atomic mass is 32.1. The smallest absolute Gasteiger partial charge is 0.235 e. The predicted octanol–water partition coefficient (Wildman–Crippen LogP) is 3.43. The maximum Gasteiger partial charge on any atom is 0.235 e. The summed E-state index contributed by atoms with van der Waals surface area (Å²) in [4.78, 5) is 22.3. The van der Waals surface area contributed by atoms with Gasteiger partial charge in [-0.1, -0.05) is 18.2 Å². The number of hydrogen-bond donors (Lipinski definition) is 3. The van der Waals surface area contributed by atoms with E-state index in [1.807, 2.05) is 30.3 Å². The lowest BCUT2D eigenvalue weighted by atomic mass is 10.2. The Hall–Kier alpha value is -3.27. The van der Waals surface area contributed by atoms with E-state index in [0.29, 0.717) is 23.0 Å². The number of hydrazine groups is 1. The number of aromatic nitrogens is 4. The number of anilines is 4.